The molecule has 1 heterocycles. The van der Waals surface area contributed by atoms with E-state index in [4.69, 9.17) is 15.2 Å². The average molecular weight is 240 g/mol. The highest BCUT2D eigenvalue weighted by atomic mass is 16.6. The molecular weight excluding hydrogens is 220 g/mol. The lowest BCUT2D eigenvalue weighted by atomic mass is 9.84. The first-order valence-electron chi connectivity index (χ1n) is 6.26. The second-order valence-electron chi connectivity index (χ2n) is 4.56. The summed E-state index contributed by atoms with van der Waals surface area (Å²) in [5, 5.41) is 3.00. The number of carbonyl (C=O) groups is 1. The Morgan fingerprint density at radius 1 is 1.41 bits per heavy atom. The second kappa shape index (κ2) is 5.91. The standard InChI is InChI=1S/C12H20N2O3/c13-7-9-3-1-2-4-10(9)14-12(15)11-8-16-5-6-17-11/h8-10H,1-7,13H2,(H,14,15). The van der Waals surface area contributed by atoms with Gasteiger partial charge in [0.25, 0.3) is 5.91 Å². The first-order chi connectivity index (χ1) is 8.31. The lowest BCUT2D eigenvalue weighted by Crippen LogP contribution is -2.45. The molecule has 1 saturated carbocycles. The molecule has 1 aliphatic heterocycles. The molecule has 0 radical (unpaired) electrons. The molecule has 0 bridgehead atoms. The molecule has 2 atom stereocenters. The molecule has 17 heavy (non-hydrogen) atoms. The minimum absolute atomic E-state index is 0.174. The summed E-state index contributed by atoms with van der Waals surface area (Å²) in [6, 6.07) is 0.174. The van der Waals surface area contributed by atoms with Crippen LogP contribution in [0, 0.1) is 5.92 Å². The van der Waals surface area contributed by atoms with E-state index in [0.717, 1.165) is 19.3 Å². The summed E-state index contributed by atoms with van der Waals surface area (Å²) >= 11 is 0. The number of rotatable bonds is 3. The number of amides is 1. The number of nitrogens with two attached hydrogens (primary N) is 1. The zero-order valence-corrected chi connectivity index (χ0v) is 9.98. The Bertz CT molecular complexity index is 304. The van der Waals surface area contributed by atoms with E-state index in [2.05, 4.69) is 5.32 Å². The Kier molecular flexibility index (Phi) is 4.25. The summed E-state index contributed by atoms with van der Waals surface area (Å²) in [7, 11) is 0. The number of carbonyl (C=O) groups excluding carboxylic acids is 1. The van der Waals surface area contributed by atoms with Gasteiger partial charge in [-0.1, -0.05) is 12.8 Å². The minimum atomic E-state index is -0.185. The van der Waals surface area contributed by atoms with Crippen molar-refractivity contribution in [1.82, 2.24) is 5.32 Å². The zero-order valence-electron chi connectivity index (χ0n) is 9.98. The van der Waals surface area contributed by atoms with Crippen LogP contribution in [0.1, 0.15) is 25.7 Å². The molecule has 5 nitrogen and oxygen atoms in total. The van der Waals surface area contributed by atoms with Gasteiger partial charge in [0, 0.05) is 6.04 Å². The van der Waals surface area contributed by atoms with Crippen LogP contribution in [0.15, 0.2) is 12.0 Å². The Morgan fingerprint density at radius 2 is 2.24 bits per heavy atom. The van der Waals surface area contributed by atoms with E-state index in [1.54, 1.807) is 0 Å². The quantitative estimate of drug-likeness (QED) is 0.753. The van der Waals surface area contributed by atoms with Crippen molar-refractivity contribution < 1.29 is 14.3 Å². The van der Waals surface area contributed by atoms with Crippen LogP contribution >= 0.6 is 0 Å². The molecule has 1 fully saturated rings. The van der Waals surface area contributed by atoms with Gasteiger partial charge < -0.3 is 20.5 Å². The highest BCUT2D eigenvalue weighted by Gasteiger charge is 2.27. The molecule has 1 amide bonds. The van der Waals surface area contributed by atoms with Gasteiger partial charge in [0.2, 0.25) is 5.76 Å². The maximum atomic E-state index is 11.9. The lowest BCUT2D eigenvalue weighted by Gasteiger charge is -2.31. The fourth-order valence-corrected chi connectivity index (χ4v) is 2.41. The maximum absolute atomic E-state index is 11.9. The van der Waals surface area contributed by atoms with Gasteiger partial charge in [-0.2, -0.15) is 0 Å². The number of ether oxygens (including phenoxy) is 2. The molecule has 0 aromatic heterocycles. The molecule has 2 aliphatic rings. The smallest absolute Gasteiger partial charge is 0.289 e. The van der Waals surface area contributed by atoms with Crippen molar-refractivity contribution in [2.45, 2.75) is 31.7 Å². The highest BCUT2D eigenvalue weighted by molar-refractivity contribution is 5.91. The molecule has 0 aromatic carbocycles. The molecule has 3 N–H and O–H groups in total. The first kappa shape index (κ1) is 12.2. The Balaban J connectivity index is 1.90. The van der Waals surface area contributed by atoms with Crippen LogP contribution in [0.4, 0.5) is 0 Å². The summed E-state index contributed by atoms with van der Waals surface area (Å²) in [6.07, 6.45) is 5.84. The van der Waals surface area contributed by atoms with E-state index < -0.39 is 0 Å². The topological polar surface area (TPSA) is 73.6 Å². The number of hydrogen-bond acceptors (Lipinski definition) is 4. The van der Waals surface area contributed by atoms with Crippen molar-refractivity contribution in [3.05, 3.63) is 12.0 Å². The van der Waals surface area contributed by atoms with Gasteiger partial charge in [0.05, 0.1) is 0 Å². The Morgan fingerprint density at radius 3 is 2.94 bits per heavy atom. The average Bonchev–Trinajstić information content (AvgIpc) is 2.40. The predicted molar refractivity (Wildman–Crippen MR) is 62.9 cm³/mol. The van der Waals surface area contributed by atoms with Crippen LogP contribution in [0.25, 0.3) is 0 Å². The Hall–Kier alpha value is -1.23. The molecule has 0 aromatic rings. The number of hydrogen-bond donors (Lipinski definition) is 2. The number of nitrogens with one attached hydrogen (secondary N) is 1. The monoisotopic (exact) mass is 240 g/mol. The molecular formula is C12H20N2O3. The van der Waals surface area contributed by atoms with Crippen LogP contribution in [-0.4, -0.2) is 31.7 Å². The molecule has 0 saturated heterocycles. The van der Waals surface area contributed by atoms with E-state index in [9.17, 15) is 4.79 Å². The van der Waals surface area contributed by atoms with Gasteiger partial charge >= 0.3 is 0 Å². The van der Waals surface area contributed by atoms with E-state index in [1.807, 2.05) is 0 Å². The van der Waals surface area contributed by atoms with Gasteiger partial charge in [0.15, 0.2) is 0 Å². The van der Waals surface area contributed by atoms with Gasteiger partial charge in [-0.15, -0.1) is 0 Å². The highest BCUT2D eigenvalue weighted by Crippen LogP contribution is 2.23. The van der Waals surface area contributed by atoms with Crippen LogP contribution in [0.3, 0.4) is 0 Å². The fraction of sp³-hybridized carbons (Fsp3) is 0.750. The molecule has 5 heteroatoms. The normalized spacial score (nSPS) is 28.6. The largest absolute Gasteiger partial charge is 0.494 e. The lowest BCUT2D eigenvalue weighted by molar-refractivity contribution is -0.123. The first-order valence-corrected chi connectivity index (χ1v) is 6.26. The Labute approximate surface area is 101 Å². The SMILES string of the molecule is NCC1CCCCC1NC(=O)C1=COCCO1. The van der Waals surface area contributed by atoms with E-state index in [0.29, 0.717) is 25.7 Å². The van der Waals surface area contributed by atoms with Crippen molar-refractivity contribution in [1.29, 1.82) is 0 Å². The van der Waals surface area contributed by atoms with E-state index >= 15 is 0 Å². The van der Waals surface area contributed by atoms with E-state index in [-0.39, 0.29) is 17.7 Å². The van der Waals surface area contributed by atoms with Crippen molar-refractivity contribution in [2.75, 3.05) is 19.8 Å². The van der Waals surface area contributed by atoms with Crippen molar-refractivity contribution in [3.8, 4) is 0 Å². The van der Waals surface area contributed by atoms with Crippen molar-refractivity contribution >= 4 is 5.91 Å². The van der Waals surface area contributed by atoms with Crippen LogP contribution < -0.4 is 11.1 Å². The van der Waals surface area contributed by atoms with Crippen LogP contribution in [-0.2, 0) is 14.3 Å². The van der Waals surface area contributed by atoms with Gasteiger partial charge in [0.1, 0.15) is 19.5 Å². The molecule has 2 unspecified atom stereocenters. The van der Waals surface area contributed by atoms with Gasteiger partial charge in [-0.05, 0) is 25.3 Å². The summed E-state index contributed by atoms with van der Waals surface area (Å²) in [5.41, 5.74) is 5.73. The van der Waals surface area contributed by atoms with Crippen LogP contribution in [0.5, 0.6) is 0 Å². The van der Waals surface area contributed by atoms with Gasteiger partial charge in [-0.3, -0.25) is 4.79 Å². The zero-order chi connectivity index (χ0) is 12.1. The van der Waals surface area contributed by atoms with E-state index in [1.165, 1.54) is 12.7 Å². The molecule has 1 aliphatic carbocycles. The third kappa shape index (κ3) is 3.12. The minimum Gasteiger partial charge on any atom is -0.494 e. The van der Waals surface area contributed by atoms with Crippen molar-refractivity contribution in [2.24, 2.45) is 11.7 Å². The fourth-order valence-electron chi connectivity index (χ4n) is 2.41. The maximum Gasteiger partial charge on any atom is 0.289 e. The molecule has 96 valence electrons. The third-order valence-corrected chi connectivity index (χ3v) is 3.40. The van der Waals surface area contributed by atoms with Gasteiger partial charge in [-0.25, -0.2) is 0 Å². The molecule has 2 rings (SSSR count). The summed E-state index contributed by atoms with van der Waals surface area (Å²) in [6.45, 7) is 1.57. The predicted octanol–water partition coefficient (Wildman–Crippen LogP) is 0.508. The molecule has 0 spiro atoms. The van der Waals surface area contributed by atoms with Crippen molar-refractivity contribution in [3.63, 3.8) is 0 Å². The second-order valence-corrected chi connectivity index (χ2v) is 4.56. The summed E-state index contributed by atoms with van der Waals surface area (Å²) < 4.78 is 10.3. The third-order valence-electron chi connectivity index (χ3n) is 3.40. The summed E-state index contributed by atoms with van der Waals surface area (Å²) in [4.78, 5) is 11.9. The van der Waals surface area contributed by atoms with Crippen LogP contribution in [0.2, 0.25) is 0 Å². The summed E-state index contributed by atoms with van der Waals surface area (Å²) in [5.74, 6) is 0.477.